The Hall–Kier alpha value is -4.39. The van der Waals surface area contributed by atoms with Crippen molar-refractivity contribution in [1.29, 1.82) is 0 Å². The van der Waals surface area contributed by atoms with Crippen molar-refractivity contribution in [2.24, 2.45) is 0 Å². The number of esters is 3. The van der Waals surface area contributed by atoms with Crippen molar-refractivity contribution in [3.8, 4) is 17.2 Å². The first kappa shape index (κ1) is 30.2. The van der Waals surface area contributed by atoms with Crippen LogP contribution < -0.4 is 14.2 Å². The molecule has 0 aromatic heterocycles. The van der Waals surface area contributed by atoms with Gasteiger partial charge in [-0.15, -0.1) is 0 Å². The van der Waals surface area contributed by atoms with Gasteiger partial charge in [0.15, 0.2) is 0 Å². The second kappa shape index (κ2) is 15.9. The molecule has 0 amide bonds. The van der Waals surface area contributed by atoms with Gasteiger partial charge in [0.1, 0.15) is 17.2 Å². The molecule has 0 unspecified atom stereocenters. The van der Waals surface area contributed by atoms with Gasteiger partial charge < -0.3 is 18.9 Å². The topological polar surface area (TPSA) is 88.1 Å². The number of ether oxygens (including phenoxy) is 4. The summed E-state index contributed by atoms with van der Waals surface area (Å²) in [6.45, 7) is 8.05. The molecule has 0 saturated heterocycles. The number of aryl methyl sites for hydroxylation is 2. The lowest BCUT2D eigenvalue weighted by molar-refractivity contribution is -0.137. The summed E-state index contributed by atoms with van der Waals surface area (Å²) in [5.74, 6) is 0.0201. The van der Waals surface area contributed by atoms with E-state index in [0.29, 0.717) is 60.0 Å². The predicted octanol–water partition coefficient (Wildman–Crippen LogP) is 7.05. The summed E-state index contributed by atoms with van der Waals surface area (Å²) in [5, 5.41) is 0. The van der Waals surface area contributed by atoms with Crippen LogP contribution in [0.25, 0.3) is 0 Å². The minimum absolute atomic E-state index is 0.313. The lowest BCUT2D eigenvalue weighted by atomic mass is 10.1. The Labute approximate surface area is 235 Å². The predicted molar refractivity (Wildman–Crippen MR) is 153 cm³/mol. The molecule has 3 aromatic carbocycles. The van der Waals surface area contributed by atoms with Crippen molar-refractivity contribution >= 4 is 17.9 Å². The quantitative estimate of drug-likeness (QED) is 0.0876. The summed E-state index contributed by atoms with van der Waals surface area (Å²) in [6.07, 6.45) is 7.04. The molecule has 210 valence electrons. The van der Waals surface area contributed by atoms with Crippen LogP contribution in [0, 0.1) is 6.92 Å². The first-order valence-electron chi connectivity index (χ1n) is 13.6. The van der Waals surface area contributed by atoms with E-state index in [2.05, 4.69) is 13.5 Å². The third-order valence-electron chi connectivity index (χ3n) is 6.12. The number of carbonyl (C=O) groups is 3. The van der Waals surface area contributed by atoms with Gasteiger partial charge in [0.2, 0.25) is 0 Å². The molecule has 0 aliphatic heterocycles. The Bertz CT molecular complexity index is 1280. The van der Waals surface area contributed by atoms with Crippen LogP contribution in [-0.4, -0.2) is 31.1 Å². The summed E-state index contributed by atoms with van der Waals surface area (Å²) in [5.41, 5.74) is 2.58. The van der Waals surface area contributed by atoms with Crippen LogP contribution >= 0.6 is 0 Å². The van der Waals surface area contributed by atoms with Crippen molar-refractivity contribution in [2.45, 2.75) is 52.4 Å². The maximum absolute atomic E-state index is 12.7. The number of unbranched alkanes of at least 4 members (excludes halogenated alkanes) is 3. The molecule has 0 aliphatic rings. The third kappa shape index (κ3) is 9.73. The summed E-state index contributed by atoms with van der Waals surface area (Å²) in [4.78, 5) is 36.3. The molecular weight excluding hydrogens is 508 g/mol. The summed E-state index contributed by atoms with van der Waals surface area (Å²) in [6, 6.07) is 19.0. The molecule has 40 heavy (non-hydrogen) atoms. The average molecular weight is 545 g/mol. The van der Waals surface area contributed by atoms with Gasteiger partial charge in [-0.05, 0) is 98.3 Å². The lowest BCUT2D eigenvalue weighted by Crippen LogP contribution is -2.11. The molecule has 0 saturated carbocycles. The summed E-state index contributed by atoms with van der Waals surface area (Å²) < 4.78 is 21.6. The van der Waals surface area contributed by atoms with Gasteiger partial charge in [0.05, 0.1) is 24.3 Å². The number of benzene rings is 3. The molecule has 0 bridgehead atoms. The highest BCUT2D eigenvalue weighted by Gasteiger charge is 2.14. The van der Waals surface area contributed by atoms with Gasteiger partial charge in [-0.2, -0.15) is 0 Å². The van der Waals surface area contributed by atoms with E-state index in [0.717, 1.165) is 18.9 Å². The normalized spacial score (nSPS) is 10.4. The number of rotatable bonds is 15. The Morgan fingerprint density at radius 1 is 0.750 bits per heavy atom. The molecule has 3 aromatic rings. The van der Waals surface area contributed by atoms with E-state index < -0.39 is 17.9 Å². The zero-order valence-corrected chi connectivity index (χ0v) is 23.1. The second-order valence-corrected chi connectivity index (χ2v) is 9.31. The highest BCUT2D eigenvalue weighted by atomic mass is 16.5. The van der Waals surface area contributed by atoms with Crippen LogP contribution in [0.4, 0.5) is 0 Å². The van der Waals surface area contributed by atoms with Gasteiger partial charge >= 0.3 is 17.9 Å². The van der Waals surface area contributed by atoms with Gasteiger partial charge in [-0.3, -0.25) is 0 Å². The van der Waals surface area contributed by atoms with Crippen molar-refractivity contribution in [2.75, 3.05) is 13.2 Å². The zero-order chi connectivity index (χ0) is 28.7. The van der Waals surface area contributed by atoms with Gasteiger partial charge in [0, 0.05) is 6.08 Å². The fourth-order valence-electron chi connectivity index (χ4n) is 3.83. The maximum Gasteiger partial charge on any atom is 0.343 e. The zero-order valence-electron chi connectivity index (χ0n) is 23.1. The molecule has 0 N–H and O–H groups in total. The molecule has 0 atom stereocenters. The van der Waals surface area contributed by atoms with Crippen LogP contribution in [0.15, 0.2) is 79.4 Å². The van der Waals surface area contributed by atoms with Crippen molar-refractivity contribution in [1.82, 2.24) is 0 Å². The monoisotopic (exact) mass is 544 g/mol. The molecular formula is C33H36O7. The highest BCUT2D eigenvalue weighted by molar-refractivity contribution is 5.93. The molecule has 7 heteroatoms. The van der Waals surface area contributed by atoms with Crippen molar-refractivity contribution in [3.05, 3.63) is 102 Å². The average Bonchev–Trinajstić information content (AvgIpc) is 2.97. The number of carbonyl (C=O) groups excluding carboxylic acids is 3. The molecule has 3 rings (SSSR count). The van der Waals surface area contributed by atoms with E-state index in [-0.39, 0.29) is 0 Å². The molecule has 0 spiro atoms. The Morgan fingerprint density at radius 2 is 1.40 bits per heavy atom. The molecule has 0 aliphatic carbocycles. The van der Waals surface area contributed by atoms with E-state index in [1.807, 2.05) is 24.3 Å². The Balaban J connectivity index is 1.47. The van der Waals surface area contributed by atoms with Crippen LogP contribution in [0.2, 0.25) is 0 Å². The van der Waals surface area contributed by atoms with Crippen LogP contribution in [0.1, 0.15) is 70.9 Å². The second-order valence-electron chi connectivity index (χ2n) is 9.31. The fraction of sp³-hybridized carbons (Fsp3) is 0.303. The van der Waals surface area contributed by atoms with Crippen LogP contribution in [0.5, 0.6) is 17.2 Å². The largest absolute Gasteiger partial charge is 0.494 e. The minimum Gasteiger partial charge on any atom is -0.494 e. The highest BCUT2D eigenvalue weighted by Crippen LogP contribution is 2.23. The first-order chi connectivity index (χ1) is 19.4. The van der Waals surface area contributed by atoms with Crippen molar-refractivity contribution in [3.63, 3.8) is 0 Å². The van der Waals surface area contributed by atoms with Crippen LogP contribution in [0.3, 0.4) is 0 Å². The number of hydrogen-bond acceptors (Lipinski definition) is 7. The van der Waals surface area contributed by atoms with Crippen molar-refractivity contribution < 1.29 is 33.3 Å². The van der Waals surface area contributed by atoms with Crippen LogP contribution in [-0.2, 0) is 16.0 Å². The Morgan fingerprint density at radius 3 is 2.08 bits per heavy atom. The summed E-state index contributed by atoms with van der Waals surface area (Å²) >= 11 is 0. The van der Waals surface area contributed by atoms with E-state index in [1.54, 1.807) is 49.4 Å². The van der Waals surface area contributed by atoms with Gasteiger partial charge in [-0.25, -0.2) is 14.4 Å². The fourth-order valence-corrected chi connectivity index (χ4v) is 3.83. The van der Waals surface area contributed by atoms with Gasteiger partial charge in [-0.1, -0.05) is 38.5 Å². The number of hydrogen-bond donors (Lipinski definition) is 0. The standard InChI is InChI=1S/C33H36O7/c1-4-6-7-10-25-11-16-29(17-12-25)39-33(36)27-15-20-30(24(3)23-27)40-32(35)26-13-18-28(19-14-26)37-21-8-9-22-38-31(34)5-2/h5,11-20,23H,2,4,6-10,21-22H2,1,3H3. The van der Waals surface area contributed by atoms with E-state index in [4.69, 9.17) is 18.9 Å². The van der Waals surface area contributed by atoms with E-state index >= 15 is 0 Å². The SMILES string of the molecule is C=CC(=O)OCCCCOc1ccc(C(=O)Oc2ccc(C(=O)Oc3ccc(CCCCC)cc3)cc2C)cc1. The molecule has 0 radical (unpaired) electrons. The van der Waals surface area contributed by atoms with E-state index in [9.17, 15) is 14.4 Å². The molecule has 0 fully saturated rings. The summed E-state index contributed by atoms with van der Waals surface area (Å²) in [7, 11) is 0. The van der Waals surface area contributed by atoms with E-state index in [1.165, 1.54) is 18.4 Å². The Kier molecular flexibility index (Phi) is 12.0. The minimum atomic E-state index is -0.520. The third-order valence-corrected chi connectivity index (χ3v) is 6.12. The first-order valence-corrected chi connectivity index (χ1v) is 13.6. The lowest BCUT2D eigenvalue weighted by Gasteiger charge is -2.10. The van der Waals surface area contributed by atoms with Gasteiger partial charge in [0.25, 0.3) is 0 Å². The smallest absolute Gasteiger partial charge is 0.343 e. The molecule has 7 nitrogen and oxygen atoms in total. The maximum atomic E-state index is 12.7. The molecule has 0 heterocycles.